The summed E-state index contributed by atoms with van der Waals surface area (Å²) in [6.07, 6.45) is 1.33. The van der Waals surface area contributed by atoms with E-state index < -0.39 is 22.6 Å². The molecule has 1 fully saturated rings. The number of nitrogens with one attached hydrogen (secondary N) is 3. The van der Waals surface area contributed by atoms with Crippen LogP contribution in [0.3, 0.4) is 0 Å². The number of amides is 1. The van der Waals surface area contributed by atoms with Gasteiger partial charge in [-0.05, 0) is 76.7 Å². The van der Waals surface area contributed by atoms with Crippen LogP contribution in [0.2, 0.25) is 0 Å². The molecule has 0 spiro atoms. The quantitative estimate of drug-likeness (QED) is 0.311. The van der Waals surface area contributed by atoms with E-state index in [2.05, 4.69) is 15.6 Å². The number of fused-ring (bicyclic) bond motifs is 1. The van der Waals surface area contributed by atoms with Gasteiger partial charge in [-0.3, -0.25) is 23.5 Å². The first-order valence-corrected chi connectivity index (χ1v) is 13.6. The number of hydrogen-bond donors (Lipinski definition) is 3. The monoisotopic (exact) mass is 562 g/mol. The third-order valence-corrected chi connectivity index (χ3v) is 6.62. The SMILES string of the molecule is CC.Cc1ccc(Nc2[nH]c(=O)c(C)c3c2c(=O)n(C2CC2)c(=O)n3-c2cccc(NC(=O)CN(C)C)c2)c(F)c1. The Hall–Kier alpha value is -4.51. The van der Waals surface area contributed by atoms with Crippen LogP contribution >= 0.6 is 0 Å². The smallest absolute Gasteiger partial charge is 0.336 e. The largest absolute Gasteiger partial charge is 0.339 e. The summed E-state index contributed by atoms with van der Waals surface area (Å²) in [5, 5.41) is 5.73. The van der Waals surface area contributed by atoms with Crippen molar-refractivity contribution in [1.82, 2.24) is 19.0 Å². The molecule has 1 aliphatic carbocycles. The van der Waals surface area contributed by atoms with Crippen molar-refractivity contribution < 1.29 is 9.18 Å². The van der Waals surface area contributed by atoms with Gasteiger partial charge in [-0.2, -0.15) is 0 Å². The van der Waals surface area contributed by atoms with Gasteiger partial charge >= 0.3 is 5.69 Å². The number of carbonyl (C=O) groups excluding carboxylic acids is 1. The van der Waals surface area contributed by atoms with Crippen LogP contribution in [-0.4, -0.2) is 45.6 Å². The third-order valence-electron chi connectivity index (χ3n) is 6.62. The first-order valence-electron chi connectivity index (χ1n) is 13.6. The Morgan fingerprint density at radius 2 is 1.78 bits per heavy atom. The summed E-state index contributed by atoms with van der Waals surface area (Å²) < 4.78 is 17.2. The lowest BCUT2D eigenvalue weighted by Crippen LogP contribution is -2.40. The number of hydrogen-bond acceptors (Lipinski definition) is 6. The molecule has 0 radical (unpaired) electrons. The van der Waals surface area contributed by atoms with Crippen LogP contribution in [0.5, 0.6) is 0 Å². The molecule has 0 aliphatic heterocycles. The van der Waals surface area contributed by atoms with E-state index in [1.54, 1.807) is 56.3 Å². The van der Waals surface area contributed by atoms with E-state index >= 15 is 0 Å². The molecule has 0 atom stereocenters. The number of anilines is 3. The molecule has 3 N–H and O–H groups in total. The minimum Gasteiger partial charge on any atom is -0.339 e. The number of carbonyl (C=O) groups is 1. The molecule has 216 valence electrons. The predicted octanol–water partition coefficient (Wildman–Crippen LogP) is 4.20. The number of rotatable bonds is 7. The van der Waals surface area contributed by atoms with E-state index in [1.807, 2.05) is 13.8 Å². The average molecular weight is 563 g/mol. The van der Waals surface area contributed by atoms with E-state index in [0.29, 0.717) is 29.8 Å². The highest BCUT2D eigenvalue weighted by atomic mass is 19.1. The molecule has 0 saturated heterocycles. The van der Waals surface area contributed by atoms with E-state index in [4.69, 9.17) is 0 Å². The zero-order chi connectivity index (χ0) is 30.0. The normalized spacial score (nSPS) is 12.7. The van der Waals surface area contributed by atoms with Crippen LogP contribution in [0.1, 0.15) is 43.9 Å². The zero-order valence-electron chi connectivity index (χ0n) is 24.1. The molecule has 11 heteroatoms. The lowest BCUT2D eigenvalue weighted by molar-refractivity contribution is -0.116. The Labute approximate surface area is 236 Å². The molecule has 10 nitrogen and oxygen atoms in total. The molecule has 5 rings (SSSR count). The fraction of sp³-hybridized carbons (Fsp3) is 0.333. The maximum Gasteiger partial charge on any atom is 0.336 e. The maximum atomic E-state index is 14.7. The molecule has 41 heavy (non-hydrogen) atoms. The van der Waals surface area contributed by atoms with Crippen LogP contribution < -0.4 is 27.4 Å². The van der Waals surface area contributed by atoms with Crippen LogP contribution in [0.15, 0.2) is 56.8 Å². The Morgan fingerprint density at radius 1 is 1.07 bits per heavy atom. The summed E-state index contributed by atoms with van der Waals surface area (Å²) in [7, 11) is 3.55. The van der Waals surface area contributed by atoms with Crippen molar-refractivity contribution in [1.29, 1.82) is 0 Å². The first-order chi connectivity index (χ1) is 19.5. The van der Waals surface area contributed by atoms with Crippen LogP contribution in [-0.2, 0) is 4.79 Å². The highest BCUT2D eigenvalue weighted by Gasteiger charge is 2.31. The maximum absolute atomic E-state index is 14.7. The molecule has 1 aliphatic rings. The number of halogens is 1. The fourth-order valence-electron chi connectivity index (χ4n) is 4.64. The van der Waals surface area contributed by atoms with Crippen LogP contribution in [0.25, 0.3) is 16.6 Å². The van der Waals surface area contributed by atoms with Crippen LogP contribution in [0.4, 0.5) is 21.6 Å². The van der Waals surface area contributed by atoms with Crippen molar-refractivity contribution in [3.05, 3.63) is 90.6 Å². The van der Waals surface area contributed by atoms with E-state index in [1.165, 1.54) is 28.2 Å². The minimum atomic E-state index is -0.590. The van der Waals surface area contributed by atoms with Gasteiger partial charge in [-0.25, -0.2) is 9.18 Å². The van der Waals surface area contributed by atoms with Crippen molar-refractivity contribution in [3.8, 4) is 5.69 Å². The Bertz CT molecular complexity index is 1800. The molecule has 2 aromatic heterocycles. The average Bonchev–Trinajstić information content (AvgIpc) is 3.74. The Kier molecular flexibility index (Phi) is 8.57. The van der Waals surface area contributed by atoms with Crippen LogP contribution in [0, 0.1) is 19.7 Å². The van der Waals surface area contributed by atoms with Gasteiger partial charge in [0.2, 0.25) is 5.91 Å². The predicted molar refractivity (Wildman–Crippen MR) is 160 cm³/mol. The lowest BCUT2D eigenvalue weighted by Gasteiger charge is -2.19. The number of nitrogens with zero attached hydrogens (tertiary/aromatic N) is 3. The zero-order valence-corrected chi connectivity index (χ0v) is 24.1. The van der Waals surface area contributed by atoms with Gasteiger partial charge in [0.1, 0.15) is 17.0 Å². The standard InChI is InChI=1S/C28H29FN6O4.C2H6/c1-15-8-11-21(20(29)12-15)31-25-23-24(16(2)26(37)32-25)34(28(39)35(27(23)38)18-9-10-18)19-7-5-6-17(13-19)30-22(36)14-33(3)4;1-2/h5-8,11-13,18H,9-10,14H2,1-4H3,(H,30,36)(H2,31,32,37);1-2H3. The molecule has 2 heterocycles. The first kappa shape index (κ1) is 29.5. The Balaban J connectivity index is 0.00000189. The summed E-state index contributed by atoms with van der Waals surface area (Å²) in [4.78, 5) is 57.4. The summed E-state index contributed by atoms with van der Waals surface area (Å²) >= 11 is 0. The number of aromatic nitrogens is 3. The van der Waals surface area contributed by atoms with Gasteiger partial charge < -0.3 is 20.5 Å². The van der Waals surface area contributed by atoms with Crippen molar-refractivity contribution in [2.24, 2.45) is 0 Å². The topological polar surface area (TPSA) is 121 Å². The van der Waals surface area contributed by atoms with Crippen molar-refractivity contribution >= 4 is 34.0 Å². The molecular weight excluding hydrogens is 527 g/mol. The number of pyridine rings is 1. The summed E-state index contributed by atoms with van der Waals surface area (Å²) in [6.45, 7) is 7.44. The number of benzene rings is 2. The molecule has 1 saturated carbocycles. The number of aryl methyl sites for hydroxylation is 2. The summed E-state index contributed by atoms with van der Waals surface area (Å²) in [6, 6.07) is 10.9. The Morgan fingerprint density at radius 3 is 2.41 bits per heavy atom. The van der Waals surface area contributed by atoms with Crippen molar-refractivity contribution in [2.45, 2.75) is 46.6 Å². The molecule has 0 unspecified atom stereocenters. The van der Waals surface area contributed by atoms with Gasteiger partial charge in [-0.1, -0.05) is 26.0 Å². The van der Waals surface area contributed by atoms with Gasteiger partial charge in [0.05, 0.1) is 23.4 Å². The van der Waals surface area contributed by atoms with E-state index in [9.17, 15) is 23.6 Å². The second-order valence-corrected chi connectivity index (χ2v) is 10.1. The van der Waals surface area contributed by atoms with Crippen molar-refractivity contribution in [2.75, 3.05) is 31.3 Å². The minimum absolute atomic E-state index is 0.00746. The molecule has 4 aromatic rings. The highest BCUT2D eigenvalue weighted by Crippen LogP contribution is 2.34. The molecule has 0 bridgehead atoms. The molecule has 2 aromatic carbocycles. The van der Waals surface area contributed by atoms with Gasteiger partial charge in [0.15, 0.2) is 0 Å². The number of H-pyrrole nitrogens is 1. The van der Waals surface area contributed by atoms with Gasteiger partial charge in [-0.15, -0.1) is 0 Å². The summed E-state index contributed by atoms with van der Waals surface area (Å²) in [5.41, 5.74) is 0.159. The van der Waals surface area contributed by atoms with Gasteiger partial charge in [0.25, 0.3) is 11.1 Å². The van der Waals surface area contributed by atoms with Gasteiger partial charge in [0, 0.05) is 17.3 Å². The fourth-order valence-corrected chi connectivity index (χ4v) is 4.64. The molecular formula is C30H35FN6O4. The van der Waals surface area contributed by atoms with E-state index in [0.717, 1.165) is 0 Å². The van der Waals surface area contributed by atoms with E-state index in [-0.39, 0.29) is 46.5 Å². The van der Waals surface area contributed by atoms with Crippen molar-refractivity contribution in [3.63, 3.8) is 0 Å². The third kappa shape index (κ3) is 5.99. The number of likely N-dealkylation sites (N-methyl/N-ethyl adjacent to an activating group) is 1. The number of aromatic amines is 1. The highest BCUT2D eigenvalue weighted by molar-refractivity contribution is 5.94. The molecule has 1 amide bonds. The lowest BCUT2D eigenvalue weighted by atomic mass is 10.1. The second-order valence-electron chi connectivity index (χ2n) is 10.1. The second kappa shape index (κ2) is 11.9. The summed E-state index contributed by atoms with van der Waals surface area (Å²) in [5.74, 6) is -0.801.